The Hall–Kier alpha value is -2.60. The Labute approximate surface area is 176 Å². The Morgan fingerprint density at radius 1 is 1.03 bits per heavy atom. The van der Waals surface area contributed by atoms with Crippen LogP contribution in [-0.4, -0.2) is 43.0 Å². The molecule has 1 aromatic heterocycles. The number of pyridine rings is 1. The largest absolute Gasteiger partial charge is 0.371 e. The van der Waals surface area contributed by atoms with Crippen LogP contribution < -0.4 is 15.5 Å². The van der Waals surface area contributed by atoms with Crippen molar-refractivity contribution in [2.45, 2.75) is 25.7 Å². The number of aromatic nitrogens is 1. The van der Waals surface area contributed by atoms with Crippen LogP contribution in [0.2, 0.25) is 5.02 Å². The number of halogens is 1. The molecule has 6 nitrogen and oxygen atoms in total. The van der Waals surface area contributed by atoms with E-state index in [-0.39, 0.29) is 18.2 Å². The molecule has 0 unspecified atom stereocenters. The summed E-state index contributed by atoms with van der Waals surface area (Å²) in [6.45, 7) is 3.05. The van der Waals surface area contributed by atoms with Gasteiger partial charge in [0.1, 0.15) is 0 Å². The van der Waals surface area contributed by atoms with Gasteiger partial charge in [-0.1, -0.05) is 23.7 Å². The smallest absolute Gasteiger partial charge is 0.252 e. The van der Waals surface area contributed by atoms with Crippen molar-refractivity contribution >= 4 is 29.1 Å². The number of hydrogen-bond acceptors (Lipinski definition) is 4. The fraction of sp³-hybridized carbons (Fsp3) is 0.409. The van der Waals surface area contributed by atoms with Gasteiger partial charge in [0, 0.05) is 50.7 Å². The molecule has 2 aromatic rings. The minimum absolute atomic E-state index is 0.0429. The summed E-state index contributed by atoms with van der Waals surface area (Å²) >= 11 is 6.00. The van der Waals surface area contributed by atoms with Gasteiger partial charge in [0.2, 0.25) is 5.91 Å². The Balaban J connectivity index is 1.28. The van der Waals surface area contributed by atoms with E-state index in [1.165, 1.54) is 5.69 Å². The van der Waals surface area contributed by atoms with Crippen LogP contribution in [0, 0.1) is 5.92 Å². The van der Waals surface area contributed by atoms with Gasteiger partial charge in [0.05, 0.1) is 10.6 Å². The van der Waals surface area contributed by atoms with Crippen molar-refractivity contribution < 1.29 is 9.59 Å². The number of benzene rings is 1. The van der Waals surface area contributed by atoms with Gasteiger partial charge in [0.25, 0.3) is 5.91 Å². The Kier molecular flexibility index (Phi) is 7.87. The van der Waals surface area contributed by atoms with E-state index in [9.17, 15) is 9.59 Å². The van der Waals surface area contributed by atoms with Crippen LogP contribution in [0.4, 0.5) is 5.69 Å². The molecular weight excluding hydrogens is 388 g/mol. The first-order chi connectivity index (χ1) is 14.1. The van der Waals surface area contributed by atoms with E-state index < -0.39 is 0 Å². The first kappa shape index (κ1) is 21.1. The third kappa shape index (κ3) is 6.46. The highest BCUT2D eigenvalue weighted by atomic mass is 35.5. The second-order valence-electron chi connectivity index (χ2n) is 7.26. The van der Waals surface area contributed by atoms with Gasteiger partial charge < -0.3 is 15.5 Å². The Morgan fingerprint density at radius 2 is 1.76 bits per heavy atom. The molecule has 0 spiro atoms. The molecule has 7 heteroatoms. The average molecular weight is 415 g/mol. The minimum atomic E-state index is -0.260. The van der Waals surface area contributed by atoms with Gasteiger partial charge >= 0.3 is 0 Å². The number of amides is 2. The fourth-order valence-corrected chi connectivity index (χ4v) is 3.79. The average Bonchev–Trinajstić information content (AvgIpc) is 2.75. The zero-order chi connectivity index (χ0) is 20.5. The first-order valence-electron chi connectivity index (χ1n) is 10.1. The molecule has 1 fully saturated rings. The Morgan fingerprint density at radius 3 is 2.48 bits per heavy atom. The third-order valence-corrected chi connectivity index (χ3v) is 5.60. The number of nitrogens with one attached hydrogen (secondary N) is 2. The molecular formula is C22H27ClN4O2. The molecule has 0 saturated carbocycles. The summed E-state index contributed by atoms with van der Waals surface area (Å²) in [7, 11) is 0. The normalized spacial score (nSPS) is 14.4. The van der Waals surface area contributed by atoms with Crippen LogP contribution in [0.15, 0.2) is 48.8 Å². The van der Waals surface area contributed by atoms with E-state index in [4.69, 9.17) is 11.6 Å². The van der Waals surface area contributed by atoms with E-state index in [0.29, 0.717) is 29.6 Å². The molecule has 0 aliphatic carbocycles. The van der Waals surface area contributed by atoms with E-state index in [0.717, 1.165) is 32.4 Å². The lowest BCUT2D eigenvalue weighted by Crippen LogP contribution is -2.35. The van der Waals surface area contributed by atoms with Gasteiger partial charge in [-0.15, -0.1) is 0 Å². The summed E-state index contributed by atoms with van der Waals surface area (Å²) in [5.41, 5.74) is 1.65. The van der Waals surface area contributed by atoms with Crippen molar-refractivity contribution in [2.24, 2.45) is 5.92 Å². The molecule has 0 atom stereocenters. The molecule has 1 saturated heterocycles. The van der Waals surface area contributed by atoms with Gasteiger partial charge in [-0.2, -0.15) is 0 Å². The molecule has 0 radical (unpaired) electrons. The summed E-state index contributed by atoms with van der Waals surface area (Å²) in [6.07, 6.45) is 7.17. The molecule has 29 heavy (non-hydrogen) atoms. The SMILES string of the molecule is O=C(CCNC(=O)c1ccccc1Cl)NCCC1CCN(c2ccncc2)CC1. The van der Waals surface area contributed by atoms with Crippen molar-refractivity contribution in [3.8, 4) is 0 Å². The Bertz CT molecular complexity index is 807. The lowest BCUT2D eigenvalue weighted by molar-refractivity contribution is -0.121. The van der Waals surface area contributed by atoms with Gasteiger partial charge in [0.15, 0.2) is 0 Å². The maximum absolute atomic E-state index is 12.1. The summed E-state index contributed by atoms with van der Waals surface area (Å²) in [5, 5.41) is 6.10. The number of nitrogens with zero attached hydrogens (tertiary/aromatic N) is 2. The van der Waals surface area contributed by atoms with Crippen LogP contribution in [0.1, 0.15) is 36.0 Å². The number of rotatable bonds is 8. The van der Waals surface area contributed by atoms with Gasteiger partial charge in [-0.3, -0.25) is 14.6 Å². The molecule has 1 aliphatic rings. The summed E-state index contributed by atoms with van der Waals surface area (Å²) in [4.78, 5) is 30.5. The van der Waals surface area contributed by atoms with Crippen LogP contribution in [0.25, 0.3) is 0 Å². The number of carbonyl (C=O) groups excluding carboxylic acids is 2. The predicted molar refractivity (Wildman–Crippen MR) is 115 cm³/mol. The monoisotopic (exact) mass is 414 g/mol. The van der Waals surface area contributed by atoms with Crippen LogP contribution in [-0.2, 0) is 4.79 Å². The number of carbonyl (C=O) groups is 2. The molecule has 2 heterocycles. The highest BCUT2D eigenvalue weighted by Crippen LogP contribution is 2.24. The standard InChI is InChI=1S/C22H27ClN4O2/c23-20-4-2-1-3-19(20)22(29)26-14-8-21(28)25-13-5-17-9-15-27(16-10-17)18-6-11-24-12-7-18/h1-4,6-7,11-12,17H,5,8-10,13-16H2,(H,25,28)(H,26,29). The summed E-state index contributed by atoms with van der Waals surface area (Å²) in [5.74, 6) is 0.330. The zero-order valence-electron chi connectivity index (χ0n) is 16.4. The minimum Gasteiger partial charge on any atom is -0.371 e. The summed E-state index contributed by atoms with van der Waals surface area (Å²) < 4.78 is 0. The van der Waals surface area contributed by atoms with E-state index in [1.54, 1.807) is 24.3 Å². The highest BCUT2D eigenvalue weighted by molar-refractivity contribution is 6.33. The van der Waals surface area contributed by atoms with Crippen molar-refractivity contribution in [3.63, 3.8) is 0 Å². The molecule has 154 valence electrons. The van der Waals surface area contributed by atoms with E-state index in [1.807, 2.05) is 24.5 Å². The molecule has 2 N–H and O–H groups in total. The second-order valence-corrected chi connectivity index (χ2v) is 7.67. The topological polar surface area (TPSA) is 74.3 Å². The van der Waals surface area contributed by atoms with Gasteiger partial charge in [-0.25, -0.2) is 0 Å². The van der Waals surface area contributed by atoms with Crippen molar-refractivity contribution in [3.05, 3.63) is 59.4 Å². The third-order valence-electron chi connectivity index (χ3n) is 5.27. The number of piperidine rings is 1. The number of anilines is 1. The van der Waals surface area contributed by atoms with E-state index >= 15 is 0 Å². The number of hydrogen-bond donors (Lipinski definition) is 2. The van der Waals surface area contributed by atoms with Crippen molar-refractivity contribution in [2.75, 3.05) is 31.1 Å². The predicted octanol–water partition coefficient (Wildman–Crippen LogP) is 3.28. The molecule has 2 amide bonds. The second kappa shape index (κ2) is 10.8. The molecule has 1 aliphatic heterocycles. The van der Waals surface area contributed by atoms with E-state index in [2.05, 4.69) is 20.5 Å². The molecule has 3 rings (SSSR count). The summed E-state index contributed by atoms with van der Waals surface area (Å²) in [6, 6.07) is 11.0. The maximum atomic E-state index is 12.1. The zero-order valence-corrected chi connectivity index (χ0v) is 17.2. The lowest BCUT2D eigenvalue weighted by Gasteiger charge is -2.33. The lowest BCUT2D eigenvalue weighted by atomic mass is 9.93. The van der Waals surface area contributed by atoms with Crippen LogP contribution in [0.3, 0.4) is 0 Å². The van der Waals surface area contributed by atoms with Crippen LogP contribution >= 0.6 is 11.6 Å². The highest BCUT2D eigenvalue weighted by Gasteiger charge is 2.19. The fourth-order valence-electron chi connectivity index (χ4n) is 3.57. The van der Waals surface area contributed by atoms with Crippen molar-refractivity contribution in [1.29, 1.82) is 0 Å². The molecule has 0 bridgehead atoms. The van der Waals surface area contributed by atoms with Crippen molar-refractivity contribution in [1.82, 2.24) is 15.6 Å². The quantitative estimate of drug-likeness (QED) is 0.695. The molecule has 1 aromatic carbocycles. The maximum Gasteiger partial charge on any atom is 0.252 e. The first-order valence-corrected chi connectivity index (χ1v) is 10.5. The van der Waals surface area contributed by atoms with Crippen LogP contribution in [0.5, 0.6) is 0 Å². The van der Waals surface area contributed by atoms with Gasteiger partial charge in [-0.05, 0) is 49.4 Å².